The van der Waals surface area contributed by atoms with E-state index >= 15 is 0 Å². The number of fused-ring (bicyclic) bond motifs is 1. The first-order chi connectivity index (χ1) is 13.1. The number of hydrogen-bond donors (Lipinski definition) is 0. The fraction of sp³-hybridized carbons (Fsp3) is 0.167. The van der Waals surface area contributed by atoms with E-state index in [4.69, 9.17) is 0 Å². The van der Waals surface area contributed by atoms with Crippen molar-refractivity contribution < 1.29 is 8.78 Å². The molecule has 0 fully saturated rings. The molecule has 0 bridgehead atoms. The lowest BCUT2D eigenvalue weighted by Crippen LogP contribution is -2.04. The Morgan fingerprint density at radius 1 is 1.11 bits per heavy atom. The van der Waals surface area contributed by atoms with Crippen LogP contribution >= 0.6 is 38.5 Å². The highest BCUT2D eigenvalue weighted by atomic mass is 127. The largest absolute Gasteiger partial charge is 0.321 e. The van der Waals surface area contributed by atoms with Crippen molar-refractivity contribution >= 4 is 49.6 Å². The Kier molecular flexibility index (Phi) is 5.22. The summed E-state index contributed by atoms with van der Waals surface area (Å²) in [7, 11) is 0. The summed E-state index contributed by atoms with van der Waals surface area (Å²) < 4.78 is 32.2. The van der Waals surface area contributed by atoms with Gasteiger partial charge in [0.05, 0.1) is 40.2 Å². The number of hydrogen-bond acceptors (Lipinski definition) is 3. The van der Waals surface area contributed by atoms with Crippen molar-refractivity contribution in [2.45, 2.75) is 13.1 Å². The highest BCUT2D eigenvalue weighted by molar-refractivity contribution is 14.1. The lowest BCUT2D eigenvalue weighted by Gasteiger charge is -2.09. The third-order valence-corrected chi connectivity index (χ3v) is 5.65. The molecule has 0 aliphatic heterocycles. The molecule has 9 heteroatoms. The summed E-state index contributed by atoms with van der Waals surface area (Å²) in [5, 5.41) is 0. The van der Waals surface area contributed by atoms with Gasteiger partial charge in [-0.25, -0.2) is 18.7 Å². The van der Waals surface area contributed by atoms with Gasteiger partial charge in [-0.1, -0.05) is 0 Å². The van der Waals surface area contributed by atoms with Gasteiger partial charge in [0.15, 0.2) is 0 Å². The van der Waals surface area contributed by atoms with Gasteiger partial charge in [0.2, 0.25) is 0 Å². The number of nitrogens with zero attached hydrogens (tertiary/aromatic N) is 5. The summed E-state index contributed by atoms with van der Waals surface area (Å²) >= 11 is 5.37. The summed E-state index contributed by atoms with van der Waals surface area (Å²) in [6.07, 6.45) is 6.89. The van der Waals surface area contributed by atoms with Crippen LogP contribution in [0.15, 0.2) is 47.7 Å². The molecule has 0 spiro atoms. The van der Waals surface area contributed by atoms with Crippen LogP contribution in [0.1, 0.15) is 5.56 Å². The zero-order chi connectivity index (χ0) is 19.0. The van der Waals surface area contributed by atoms with Gasteiger partial charge in [0, 0.05) is 24.0 Å². The number of imidazole rings is 2. The van der Waals surface area contributed by atoms with Crippen molar-refractivity contribution in [2.24, 2.45) is 0 Å². The second-order valence-electron chi connectivity index (χ2n) is 5.96. The average Bonchev–Trinajstić information content (AvgIpc) is 3.20. The molecular formula is C18H13BrF2IN5. The van der Waals surface area contributed by atoms with Crippen molar-refractivity contribution in [1.82, 2.24) is 24.1 Å². The zero-order valence-corrected chi connectivity index (χ0v) is 17.7. The van der Waals surface area contributed by atoms with Crippen LogP contribution in [-0.4, -0.2) is 30.8 Å². The first-order valence-electron chi connectivity index (χ1n) is 8.08. The van der Waals surface area contributed by atoms with E-state index in [2.05, 4.69) is 30.9 Å². The smallest absolute Gasteiger partial charge is 0.142 e. The highest BCUT2D eigenvalue weighted by Crippen LogP contribution is 2.28. The van der Waals surface area contributed by atoms with Crippen LogP contribution in [0, 0.1) is 9.39 Å². The van der Waals surface area contributed by atoms with Gasteiger partial charge in [-0.2, -0.15) is 0 Å². The molecule has 0 amide bonds. The van der Waals surface area contributed by atoms with Gasteiger partial charge in [-0.15, -0.1) is 0 Å². The van der Waals surface area contributed by atoms with Gasteiger partial charge in [-0.05, 0) is 56.2 Å². The maximum Gasteiger partial charge on any atom is 0.142 e. The van der Waals surface area contributed by atoms with E-state index in [1.54, 1.807) is 35.6 Å². The van der Waals surface area contributed by atoms with Crippen molar-refractivity contribution in [3.8, 4) is 11.4 Å². The normalized spacial score (nSPS) is 11.4. The number of aryl methyl sites for hydroxylation is 1. The van der Waals surface area contributed by atoms with E-state index in [0.717, 1.165) is 15.7 Å². The molecule has 3 aromatic heterocycles. The molecule has 0 radical (unpaired) electrons. The fourth-order valence-electron chi connectivity index (χ4n) is 2.97. The Morgan fingerprint density at radius 2 is 1.96 bits per heavy atom. The third kappa shape index (κ3) is 3.62. The summed E-state index contributed by atoms with van der Waals surface area (Å²) in [6.45, 7) is 0.184. The minimum atomic E-state index is -0.540. The van der Waals surface area contributed by atoms with Crippen LogP contribution in [0.25, 0.3) is 22.4 Å². The third-order valence-electron chi connectivity index (χ3n) is 4.17. The van der Waals surface area contributed by atoms with Crippen LogP contribution in [0.2, 0.25) is 0 Å². The van der Waals surface area contributed by atoms with Gasteiger partial charge in [-0.3, -0.25) is 4.98 Å². The number of alkyl halides is 1. The first-order valence-corrected chi connectivity index (χ1v) is 9.95. The van der Waals surface area contributed by atoms with Crippen LogP contribution in [0.3, 0.4) is 0 Å². The van der Waals surface area contributed by atoms with E-state index in [9.17, 15) is 8.78 Å². The standard InChI is InChI=1S/C18H13BrF2IN5/c19-17-8-24-10-26(17)9-11-3-12(7-23-6-11)18-25-15-4-13(21)14(22)5-16(15)27(18)2-1-20/h3-8,10H,1-2,9H2. The summed E-state index contributed by atoms with van der Waals surface area (Å²) in [4.78, 5) is 12.9. The molecular weight excluding hydrogens is 531 g/mol. The fourth-order valence-corrected chi connectivity index (χ4v) is 3.75. The summed E-state index contributed by atoms with van der Waals surface area (Å²) in [6, 6.07) is 5.03. The number of aromatic nitrogens is 5. The maximum absolute atomic E-state index is 13.9. The van der Waals surface area contributed by atoms with Gasteiger partial charge in [0.1, 0.15) is 22.9 Å². The van der Waals surface area contributed by atoms with E-state index < -0.39 is 6.67 Å². The molecule has 3 heterocycles. The predicted octanol–water partition coefficient (Wildman–Crippen LogP) is 4.82. The second-order valence-corrected chi connectivity index (χ2v) is 7.93. The molecule has 138 valence electrons. The van der Waals surface area contributed by atoms with Crippen molar-refractivity contribution in [3.63, 3.8) is 0 Å². The summed E-state index contributed by atoms with van der Waals surface area (Å²) in [5.41, 5.74) is 2.91. The monoisotopic (exact) mass is 543 g/mol. The van der Waals surface area contributed by atoms with Gasteiger partial charge < -0.3 is 9.13 Å². The Hall–Kier alpha value is -1.88. The topological polar surface area (TPSA) is 48.5 Å². The summed E-state index contributed by atoms with van der Waals surface area (Å²) in [5.74, 6) is 0.236. The SMILES string of the molecule is FCCn1c(-c2cncc(Cn3cncc3Br)c2)nc2cc(F)c(I)cc21. The second kappa shape index (κ2) is 7.63. The lowest BCUT2D eigenvalue weighted by molar-refractivity contribution is 0.451. The van der Waals surface area contributed by atoms with E-state index in [0.29, 0.717) is 27.0 Å². The molecule has 0 saturated carbocycles. The number of pyridine rings is 1. The molecule has 0 atom stereocenters. The molecule has 27 heavy (non-hydrogen) atoms. The lowest BCUT2D eigenvalue weighted by atomic mass is 10.2. The first kappa shape index (κ1) is 18.5. The molecule has 0 aliphatic rings. The van der Waals surface area contributed by atoms with E-state index in [1.807, 2.05) is 33.2 Å². The number of benzene rings is 1. The molecule has 0 aliphatic carbocycles. The van der Waals surface area contributed by atoms with Crippen LogP contribution in [0.5, 0.6) is 0 Å². The van der Waals surface area contributed by atoms with Crippen molar-refractivity contribution in [1.29, 1.82) is 0 Å². The quantitative estimate of drug-likeness (QED) is 0.339. The molecule has 1 aromatic carbocycles. The van der Waals surface area contributed by atoms with Crippen molar-refractivity contribution in [3.05, 3.63) is 62.7 Å². The number of rotatable bonds is 5. The predicted molar refractivity (Wildman–Crippen MR) is 111 cm³/mol. The van der Waals surface area contributed by atoms with Crippen LogP contribution in [-0.2, 0) is 13.1 Å². The van der Waals surface area contributed by atoms with Crippen LogP contribution < -0.4 is 0 Å². The molecule has 4 rings (SSSR count). The van der Waals surface area contributed by atoms with Gasteiger partial charge in [0.25, 0.3) is 0 Å². The Balaban J connectivity index is 1.80. The van der Waals surface area contributed by atoms with E-state index in [1.165, 1.54) is 6.07 Å². The minimum Gasteiger partial charge on any atom is -0.321 e. The number of halogens is 4. The molecule has 0 saturated heterocycles. The average molecular weight is 544 g/mol. The van der Waals surface area contributed by atoms with E-state index in [-0.39, 0.29) is 12.4 Å². The van der Waals surface area contributed by atoms with Gasteiger partial charge >= 0.3 is 0 Å². The van der Waals surface area contributed by atoms with Crippen molar-refractivity contribution in [2.75, 3.05) is 6.67 Å². The highest BCUT2D eigenvalue weighted by Gasteiger charge is 2.16. The molecule has 0 N–H and O–H groups in total. The Bertz CT molecular complexity index is 1120. The Labute approximate surface area is 175 Å². The maximum atomic E-state index is 13.9. The molecule has 5 nitrogen and oxygen atoms in total. The minimum absolute atomic E-state index is 0.144. The zero-order valence-electron chi connectivity index (χ0n) is 13.9. The Morgan fingerprint density at radius 3 is 2.70 bits per heavy atom. The molecule has 0 unspecified atom stereocenters. The molecule has 4 aromatic rings. The van der Waals surface area contributed by atoms with Crippen LogP contribution in [0.4, 0.5) is 8.78 Å².